The Labute approximate surface area is 147 Å². The molecule has 0 saturated heterocycles. The summed E-state index contributed by atoms with van der Waals surface area (Å²) in [4.78, 5) is 11.1. The molecule has 7 heteroatoms. The highest BCUT2D eigenvalue weighted by Gasteiger charge is 2.19. The lowest BCUT2D eigenvalue weighted by Crippen LogP contribution is -2.16. The molecule has 2 aromatic carbocycles. The van der Waals surface area contributed by atoms with E-state index >= 15 is 0 Å². The molecular weight excluding hydrogens is 343 g/mol. The molecule has 0 aliphatic carbocycles. The summed E-state index contributed by atoms with van der Waals surface area (Å²) in [7, 11) is -3.95. The van der Waals surface area contributed by atoms with Crippen LogP contribution in [0, 0.1) is 5.82 Å². The van der Waals surface area contributed by atoms with Crippen molar-refractivity contribution in [2.24, 2.45) is 0 Å². The normalized spacial score (nSPS) is 11.9. The molecule has 5 nitrogen and oxygen atoms in total. The summed E-state index contributed by atoms with van der Waals surface area (Å²) >= 11 is 0. The Balaban J connectivity index is 2.31. The number of carbonyl (C=O) groups is 1. The lowest BCUT2D eigenvalue weighted by Gasteiger charge is -2.19. The first-order valence-electron chi connectivity index (χ1n) is 7.69. The van der Waals surface area contributed by atoms with E-state index in [1.165, 1.54) is 31.2 Å². The lowest BCUT2D eigenvalue weighted by atomic mass is 9.87. The fourth-order valence-corrected chi connectivity index (χ4v) is 3.28. The van der Waals surface area contributed by atoms with Crippen LogP contribution < -0.4 is 10.0 Å². The maximum absolute atomic E-state index is 13.9. The summed E-state index contributed by atoms with van der Waals surface area (Å²) in [5.41, 5.74) is 0.959. The zero-order valence-corrected chi connectivity index (χ0v) is 15.4. The molecule has 0 aromatic heterocycles. The Morgan fingerprint density at radius 1 is 1.04 bits per heavy atom. The van der Waals surface area contributed by atoms with E-state index in [1.54, 1.807) is 12.1 Å². The van der Waals surface area contributed by atoms with E-state index in [4.69, 9.17) is 0 Å². The topological polar surface area (TPSA) is 75.3 Å². The van der Waals surface area contributed by atoms with Gasteiger partial charge in [0.15, 0.2) is 0 Å². The molecule has 2 N–H and O–H groups in total. The van der Waals surface area contributed by atoms with Crippen molar-refractivity contribution in [2.75, 3.05) is 10.0 Å². The van der Waals surface area contributed by atoms with Gasteiger partial charge >= 0.3 is 0 Å². The maximum atomic E-state index is 13.9. The minimum Gasteiger partial charge on any atom is -0.326 e. The van der Waals surface area contributed by atoms with E-state index < -0.39 is 15.8 Å². The van der Waals surface area contributed by atoms with Gasteiger partial charge in [0.05, 0.1) is 10.6 Å². The summed E-state index contributed by atoms with van der Waals surface area (Å²) in [6, 6.07) is 10.1. The molecule has 0 aliphatic heterocycles. The SMILES string of the molecule is CC(=O)Nc1ccc(F)c(NS(=O)(=O)c2ccc(C(C)(C)C)cc2)c1. The minimum atomic E-state index is -3.95. The average Bonchev–Trinajstić information content (AvgIpc) is 2.49. The molecule has 0 saturated carbocycles. The first-order valence-corrected chi connectivity index (χ1v) is 9.18. The summed E-state index contributed by atoms with van der Waals surface area (Å²) in [6.45, 7) is 7.39. The standard InChI is InChI=1S/C18H21FN2O3S/c1-12(22)20-14-7-10-16(19)17(11-14)21-25(23,24)15-8-5-13(6-9-15)18(2,3)4/h5-11,21H,1-4H3,(H,20,22). The second-order valence-corrected chi connectivity index (χ2v) is 8.44. The van der Waals surface area contributed by atoms with Gasteiger partial charge in [-0.15, -0.1) is 0 Å². The van der Waals surface area contributed by atoms with Crippen LogP contribution in [-0.4, -0.2) is 14.3 Å². The van der Waals surface area contributed by atoms with Crippen molar-refractivity contribution in [1.29, 1.82) is 0 Å². The van der Waals surface area contributed by atoms with Gasteiger partial charge in [0.25, 0.3) is 10.0 Å². The van der Waals surface area contributed by atoms with Crippen LogP contribution in [0.4, 0.5) is 15.8 Å². The van der Waals surface area contributed by atoms with Gasteiger partial charge < -0.3 is 5.32 Å². The number of carbonyl (C=O) groups excluding carboxylic acids is 1. The van der Waals surface area contributed by atoms with E-state index in [2.05, 4.69) is 10.0 Å². The molecule has 0 unspecified atom stereocenters. The van der Waals surface area contributed by atoms with Crippen LogP contribution in [0.25, 0.3) is 0 Å². The zero-order valence-electron chi connectivity index (χ0n) is 14.6. The number of hydrogen-bond donors (Lipinski definition) is 2. The maximum Gasteiger partial charge on any atom is 0.261 e. The number of hydrogen-bond acceptors (Lipinski definition) is 3. The highest BCUT2D eigenvalue weighted by Crippen LogP contribution is 2.26. The fourth-order valence-electron chi connectivity index (χ4n) is 2.22. The summed E-state index contributed by atoms with van der Waals surface area (Å²) in [5, 5.41) is 2.48. The number of benzene rings is 2. The first kappa shape index (κ1) is 18.9. The monoisotopic (exact) mass is 364 g/mol. The van der Waals surface area contributed by atoms with Crippen LogP contribution in [0.1, 0.15) is 33.3 Å². The van der Waals surface area contributed by atoms with Crippen molar-refractivity contribution < 1.29 is 17.6 Å². The predicted molar refractivity (Wildman–Crippen MR) is 96.7 cm³/mol. The summed E-state index contributed by atoms with van der Waals surface area (Å²) < 4.78 is 41.1. The molecule has 2 aromatic rings. The number of sulfonamides is 1. The highest BCUT2D eigenvalue weighted by atomic mass is 32.2. The quantitative estimate of drug-likeness (QED) is 0.864. The van der Waals surface area contributed by atoms with Crippen LogP contribution >= 0.6 is 0 Å². The summed E-state index contributed by atoms with van der Waals surface area (Å²) in [5.74, 6) is -1.07. The van der Waals surface area contributed by atoms with E-state index in [0.29, 0.717) is 5.69 Å². The number of halogens is 1. The number of nitrogens with one attached hydrogen (secondary N) is 2. The van der Waals surface area contributed by atoms with Crippen molar-refractivity contribution >= 4 is 27.3 Å². The number of rotatable bonds is 4. The Morgan fingerprint density at radius 2 is 1.64 bits per heavy atom. The van der Waals surface area contributed by atoms with Crippen molar-refractivity contribution in [3.8, 4) is 0 Å². The zero-order chi connectivity index (χ0) is 18.8. The van der Waals surface area contributed by atoms with Crippen molar-refractivity contribution in [3.05, 3.63) is 53.8 Å². The van der Waals surface area contributed by atoms with E-state index in [-0.39, 0.29) is 21.9 Å². The number of anilines is 2. The Kier molecular flexibility index (Phi) is 5.17. The Hall–Kier alpha value is -2.41. The molecule has 0 fully saturated rings. The largest absolute Gasteiger partial charge is 0.326 e. The molecule has 0 spiro atoms. The van der Waals surface area contributed by atoms with E-state index in [9.17, 15) is 17.6 Å². The van der Waals surface area contributed by atoms with Crippen LogP contribution in [0.3, 0.4) is 0 Å². The van der Waals surface area contributed by atoms with E-state index in [1.807, 2.05) is 20.8 Å². The van der Waals surface area contributed by atoms with Gasteiger partial charge in [0, 0.05) is 12.6 Å². The third-order valence-corrected chi connectivity index (χ3v) is 4.94. The Morgan fingerprint density at radius 3 is 2.16 bits per heavy atom. The third-order valence-electron chi connectivity index (χ3n) is 3.56. The number of amides is 1. The lowest BCUT2D eigenvalue weighted by molar-refractivity contribution is -0.114. The molecule has 2 rings (SSSR count). The van der Waals surface area contributed by atoms with Crippen LogP contribution in [0.5, 0.6) is 0 Å². The van der Waals surface area contributed by atoms with E-state index in [0.717, 1.165) is 11.6 Å². The van der Waals surface area contributed by atoms with Crippen molar-refractivity contribution in [3.63, 3.8) is 0 Å². The van der Waals surface area contributed by atoms with Gasteiger partial charge in [-0.05, 0) is 41.3 Å². The molecule has 0 heterocycles. The van der Waals surface area contributed by atoms with Crippen LogP contribution in [0.2, 0.25) is 0 Å². The van der Waals surface area contributed by atoms with Gasteiger partial charge in [-0.25, -0.2) is 12.8 Å². The fraction of sp³-hybridized carbons (Fsp3) is 0.278. The molecule has 1 amide bonds. The highest BCUT2D eigenvalue weighted by molar-refractivity contribution is 7.92. The predicted octanol–water partition coefficient (Wildman–Crippen LogP) is 3.88. The third kappa shape index (κ3) is 4.79. The molecule has 0 atom stereocenters. The molecular formula is C18H21FN2O3S. The van der Waals surface area contributed by atoms with Crippen molar-refractivity contribution in [2.45, 2.75) is 38.0 Å². The first-order chi connectivity index (χ1) is 11.5. The molecule has 0 bridgehead atoms. The molecule has 25 heavy (non-hydrogen) atoms. The Bertz CT molecular complexity index is 886. The van der Waals surface area contributed by atoms with Crippen LogP contribution in [0.15, 0.2) is 47.4 Å². The molecule has 0 radical (unpaired) electrons. The molecule has 0 aliphatic rings. The van der Waals surface area contributed by atoms with Gasteiger partial charge in [-0.1, -0.05) is 32.9 Å². The van der Waals surface area contributed by atoms with Gasteiger partial charge in [-0.3, -0.25) is 9.52 Å². The van der Waals surface area contributed by atoms with Gasteiger partial charge in [0.2, 0.25) is 5.91 Å². The van der Waals surface area contributed by atoms with Gasteiger partial charge in [0.1, 0.15) is 5.82 Å². The second-order valence-electron chi connectivity index (χ2n) is 6.76. The minimum absolute atomic E-state index is 0.0323. The average molecular weight is 364 g/mol. The second kappa shape index (κ2) is 6.84. The summed E-state index contributed by atoms with van der Waals surface area (Å²) in [6.07, 6.45) is 0. The molecule has 134 valence electrons. The smallest absolute Gasteiger partial charge is 0.261 e. The van der Waals surface area contributed by atoms with Crippen LogP contribution in [-0.2, 0) is 20.2 Å². The van der Waals surface area contributed by atoms with Gasteiger partial charge in [-0.2, -0.15) is 0 Å². The van der Waals surface area contributed by atoms with Crippen molar-refractivity contribution in [1.82, 2.24) is 0 Å².